The lowest BCUT2D eigenvalue weighted by Gasteiger charge is -2.34. The Balaban J connectivity index is 0.00000256. The first kappa shape index (κ1) is 17.1. The largest absolute Gasteiger partial charge is 0.328 e. The normalized spacial score (nSPS) is 21.2. The summed E-state index contributed by atoms with van der Waals surface area (Å²) >= 11 is 0. The topological polar surface area (TPSA) is 66.6 Å². The number of hydrogen-bond donors (Lipinski definition) is 1. The second kappa shape index (κ2) is 6.89. The summed E-state index contributed by atoms with van der Waals surface area (Å²) < 4.78 is 27.0. The summed E-state index contributed by atoms with van der Waals surface area (Å²) in [6.45, 7) is 5.53. The van der Waals surface area contributed by atoms with E-state index in [4.69, 9.17) is 5.73 Å². The van der Waals surface area contributed by atoms with Crippen LogP contribution in [-0.4, -0.2) is 49.8 Å². The molecule has 0 saturated carbocycles. The van der Waals surface area contributed by atoms with Crippen molar-refractivity contribution in [3.63, 3.8) is 0 Å². The summed E-state index contributed by atoms with van der Waals surface area (Å²) in [6, 6.07) is 0.161. The molecule has 1 rings (SSSR count). The van der Waals surface area contributed by atoms with E-state index >= 15 is 0 Å². The Kier molecular flexibility index (Phi) is 6.94. The first-order chi connectivity index (χ1) is 7.39. The molecule has 104 valence electrons. The molecule has 1 aliphatic heterocycles. The lowest BCUT2D eigenvalue weighted by atomic mass is 9.92. The minimum absolute atomic E-state index is 0. The summed E-state index contributed by atoms with van der Waals surface area (Å²) in [7, 11) is -1.62. The number of hydrogen-bond acceptors (Lipinski definition) is 3. The fraction of sp³-hybridized carbons (Fsp3) is 1.00. The molecule has 0 aliphatic carbocycles. The highest BCUT2D eigenvalue weighted by atomic mass is 35.5. The van der Waals surface area contributed by atoms with E-state index in [0.717, 1.165) is 12.8 Å². The predicted octanol–water partition coefficient (Wildman–Crippen LogP) is 0.664. The van der Waals surface area contributed by atoms with E-state index in [-0.39, 0.29) is 18.4 Å². The van der Waals surface area contributed by atoms with Crippen LogP contribution in [0.4, 0.5) is 0 Å². The van der Waals surface area contributed by atoms with Crippen LogP contribution in [0.3, 0.4) is 0 Å². The van der Waals surface area contributed by atoms with E-state index in [0.29, 0.717) is 25.6 Å². The van der Waals surface area contributed by atoms with Crippen LogP contribution in [0.5, 0.6) is 0 Å². The summed E-state index contributed by atoms with van der Waals surface area (Å²) in [4.78, 5) is 0. The highest BCUT2D eigenvalue weighted by Crippen LogP contribution is 2.22. The van der Waals surface area contributed by atoms with Crippen molar-refractivity contribution in [2.24, 2.45) is 11.7 Å². The van der Waals surface area contributed by atoms with E-state index in [2.05, 4.69) is 0 Å². The van der Waals surface area contributed by atoms with Crippen molar-refractivity contribution in [2.45, 2.75) is 32.7 Å². The SMILES string of the molecule is CCN(C)S(=O)(=O)N1CCC(C(C)N)CC1.Cl. The van der Waals surface area contributed by atoms with Gasteiger partial charge in [-0.25, -0.2) is 0 Å². The molecule has 17 heavy (non-hydrogen) atoms. The van der Waals surface area contributed by atoms with Crippen molar-refractivity contribution in [3.8, 4) is 0 Å². The molecule has 2 N–H and O–H groups in total. The first-order valence-corrected chi connectivity index (χ1v) is 7.26. The molecule has 0 spiro atoms. The minimum atomic E-state index is -3.24. The van der Waals surface area contributed by atoms with Crippen LogP contribution < -0.4 is 5.73 Å². The zero-order chi connectivity index (χ0) is 12.3. The third-order valence-electron chi connectivity index (χ3n) is 3.41. The van der Waals surface area contributed by atoms with Crippen LogP contribution in [0.2, 0.25) is 0 Å². The summed E-state index contributed by atoms with van der Waals surface area (Å²) in [5.41, 5.74) is 5.83. The van der Waals surface area contributed by atoms with Crippen molar-refractivity contribution < 1.29 is 8.42 Å². The van der Waals surface area contributed by atoms with Gasteiger partial charge < -0.3 is 5.73 Å². The van der Waals surface area contributed by atoms with Crippen molar-refractivity contribution >= 4 is 22.6 Å². The van der Waals surface area contributed by atoms with Crippen LogP contribution >= 0.6 is 12.4 Å². The molecule has 5 nitrogen and oxygen atoms in total. The van der Waals surface area contributed by atoms with Gasteiger partial charge in [0.05, 0.1) is 0 Å². The Morgan fingerprint density at radius 3 is 2.24 bits per heavy atom. The maximum Gasteiger partial charge on any atom is 0.281 e. The van der Waals surface area contributed by atoms with E-state index in [1.54, 1.807) is 11.4 Å². The summed E-state index contributed by atoms with van der Waals surface area (Å²) in [5.74, 6) is 0.457. The van der Waals surface area contributed by atoms with Gasteiger partial charge in [0.15, 0.2) is 0 Å². The highest BCUT2D eigenvalue weighted by Gasteiger charge is 2.31. The Morgan fingerprint density at radius 1 is 1.41 bits per heavy atom. The van der Waals surface area contributed by atoms with Gasteiger partial charge in [0.2, 0.25) is 0 Å². The maximum absolute atomic E-state index is 12.0. The molecule has 1 saturated heterocycles. The number of nitrogens with zero attached hydrogens (tertiary/aromatic N) is 2. The number of rotatable bonds is 4. The smallest absolute Gasteiger partial charge is 0.281 e. The Hall–Kier alpha value is 0.120. The van der Waals surface area contributed by atoms with Gasteiger partial charge in [-0.15, -0.1) is 12.4 Å². The Morgan fingerprint density at radius 2 is 1.88 bits per heavy atom. The van der Waals surface area contributed by atoms with Crippen molar-refractivity contribution in [1.29, 1.82) is 0 Å². The molecule has 0 aromatic rings. The summed E-state index contributed by atoms with van der Waals surface area (Å²) in [6.07, 6.45) is 1.74. The van der Waals surface area contributed by atoms with Gasteiger partial charge in [-0.2, -0.15) is 17.0 Å². The monoisotopic (exact) mass is 285 g/mol. The molecular weight excluding hydrogens is 262 g/mol. The van der Waals surface area contributed by atoms with Crippen LogP contribution in [-0.2, 0) is 10.2 Å². The zero-order valence-corrected chi connectivity index (χ0v) is 12.4. The van der Waals surface area contributed by atoms with Gasteiger partial charge in [0.1, 0.15) is 0 Å². The lowest BCUT2D eigenvalue weighted by Crippen LogP contribution is -2.47. The van der Waals surface area contributed by atoms with Crippen molar-refractivity contribution in [2.75, 3.05) is 26.7 Å². The fourth-order valence-corrected chi connectivity index (χ4v) is 3.39. The third-order valence-corrected chi connectivity index (χ3v) is 5.47. The molecule has 1 fully saturated rings. The third kappa shape index (κ3) is 4.06. The van der Waals surface area contributed by atoms with Crippen molar-refractivity contribution in [1.82, 2.24) is 8.61 Å². The molecule has 0 amide bonds. The number of halogens is 1. The average molecular weight is 286 g/mol. The molecule has 1 aliphatic rings. The first-order valence-electron chi connectivity index (χ1n) is 5.86. The molecule has 1 heterocycles. The van der Waals surface area contributed by atoms with E-state index < -0.39 is 10.2 Å². The molecule has 1 unspecified atom stereocenters. The average Bonchev–Trinajstić information content (AvgIpc) is 2.28. The number of piperidine rings is 1. The maximum atomic E-state index is 12.0. The molecule has 0 radical (unpaired) electrons. The van der Waals surface area contributed by atoms with Gasteiger partial charge in [-0.1, -0.05) is 6.92 Å². The zero-order valence-electron chi connectivity index (χ0n) is 10.8. The van der Waals surface area contributed by atoms with Crippen LogP contribution in [0.25, 0.3) is 0 Å². The lowest BCUT2D eigenvalue weighted by molar-refractivity contribution is 0.240. The van der Waals surface area contributed by atoms with Crippen LogP contribution in [0.15, 0.2) is 0 Å². The van der Waals surface area contributed by atoms with E-state index in [9.17, 15) is 8.42 Å². The van der Waals surface area contributed by atoms with E-state index in [1.807, 2.05) is 13.8 Å². The van der Waals surface area contributed by atoms with Gasteiger partial charge in [-0.3, -0.25) is 0 Å². The van der Waals surface area contributed by atoms with Gasteiger partial charge in [0.25, 0.3) is 10.2 Å². The van der Waals surface area contributed by atoms with Crippen LogP contribution in [0.1, 0.15) is 26.7 Å². The fourth-order valence-electron chi connectivity index (χ4n) is 1.99. The van der Waals surface area contributed by atoms with Crippen LogP contribution in [0, 0.1) is 5.92 Å². The van der Waals surface area contributed by atoms with E-state index in [1.165, 1.54) is 4.31 Å². The van der Waals surface area contributed by atoms with Gasteiger partial charge >= 0.3 is 0 Å². The second-order valence-corrected chi connectivity index (χ2v) is 6.55. The van der Waals surface area contributed by atoms with Gasteiger partial charge in [-0.05, 0) is 25.7 Å². The molecule has 1 atom stereocenters. The van der Waals surface area contributed by atoms with Crippen molar-refractivity contribution in [3.05, 3.63) is 0 Å². The number of nitrogens with two attached hydrogens (primary N) is 1. The molecule has 0 aromatic heterocycles. The quantitative estimate of drug-likeness (QED) is 0.825. The predicted molar refractivity (Wildman–Crippen MR) is 72.4 cm³/mol. The molecule has 0 aromatic carbocycles. The molecule has 0 bridgehead atoms. The molecule has 7 heteroatoms. The summed E-state index contributed by atoms with van der Waals surface area (Å²) in [5, 5.41) is 0. The second-order valence-electron chi connectivity index (χ2n) is 4.52. The Labute approximate surface area is 111 Å². The molecular formula is C10H24ClN3O2S. The minimum Gasteiger partial charge on any atom is -0.328 e. The standard InChI is InChI=1S/C10H23N3O2S.ClH/c1-4-12(3)16(14,15)13-7-5-10(6-8-13)9(2)11;/h9-10H,4-8,11H2,1-3H3;1H. The Bertz CT molecular complexity index is 314. The van der Waals surface area contributed by atoms with Gasteiger partial charge in [0, 0.05) is 32.7 Å². The highest BCUT2D eigenvalue weighted by molar-refractivity contribution is 7.86.